The van der Waals surface area contributed by atoms with Gasteiger partial charge in [0, 0.05) is 30.8 Å². The Morgan fingerprint density at radius 3 is 2.30 bits per heavy atom. The van der Waals surface area contributed by atoms with Gasteiger partial charge in [-0.3, -0.25) is 28.9 Å². The fraction of sp³-hybridized carbons (Fsp3) is 0.632. The Morgan fingerprint density at radius 2 is 1.74 bits per heavy atom. The van der Waals surface area contributed by atoms with Gasteiger partial charge in [0.1, 0.15) is 29.2 Å². The van der Waals surface area contributed by atoms with E-state index in [9.17, 15) is 39.3 Å². The van der Waals surface area contributed by atoms with E-state index >= 15 is 0 Å². The predicted molar refractivity (Wildman–Crippen MR) is 200 cm³/mol. The second-order valence-electron chi connectivity index (χ2n) is 14.5. The number of aliphatic hydroxyl groups is 1. The molecule has 0 bridgehead atoms. The summed E-state index contributed by atoms with van der Waals surface area (Å²) in [6.07, 6.45) is 2.77. The molecule has 1 fully saturated rings. The fourth-order valence-corrected chi connectivity index (χ4v) is 7.51. The van der Waals surface area contributed by atoms with E-state index in [0.29, 0.717) is 24.3 Å². The van der Waals surface area contributed by atoms with Crippen molar-refractivity contribution in [2.45, 2.75) is 117 Å². The molecule has 2 aromatic rings. The number of piperidine rings is 1. The third-order valence-corrected chi connectivity index (χ3v) is 11.0. The first kappa shape index (κ1) is 43.3. The molecule has 7 atom stereocenters. The van der Waals surface area contributed by atoms with Crippen molar-refractivity contribution in [3.8, 4) is 5.75 Å². The molecule has 14 nitrogen and oxygen atoms in total. The van der Waals surface area contributed by atoms with E-state index in [0.717, 1.165) is 36.3 Å². The number of carbonyl (C=O) groups is 5. The highest BCUT2D eigenvalue weighted by Gasteiger charge is 2.38. The van der Waals surface area contributed by atoms with Crippen LogP contribution in [-0.2, 0) is 30.3 Å². The zero-order valence-corrected chi connectivity index (χ0v) is 32.7. The molecule has 1 aromatic heterocycles. The number of esters is 1. The lowest BCUT2D eigenvalue weighted by Gasteiger charge is -2.39. The fourth-order valence-electron chi connectivity index (χ4n) is 6.67. The monoisotopic (exact) mass is 759 g/mol. The van der Waals surface area contributed by atoms with Gasteiger partial charge in [-0.25, -0.2) is 4.98 Å². The minimum absolute atomic E-state index is 0.0456. The minimum Gasteiger partial charge on any atom is -0.508 e. The number of likely N-dealkylation sites (N-methyl/N-ethyl adjacent to an activating group) is 1. The average Bonchev–Trinajstić information content (AvgIpc) is 3.61. The van der Waals surface area contributed by atoms with E-state index in [4.69, 9.17) is 4.74 Å². The number of phenolic OH excluding ortho intramolecular Hbond substituents is 1. The van der Waals surface area contributed by atoms with Gasteiger partial charge < -0.3 is 35.6 Å². The van der Waals surface area contributed by atoms with Crippen LogP contribution in [0.5, 0.6) is 5.75 Å². The number of rotatable bonds is 19. The van der Waals surface area contributed by atoms with Crippen LogP contribution in [0.1, 0.15) is 107 Å². The Bertz CT molecular complexity index is 1530. The van der Waals surface area contributed by atoms with Crippen LogP contribution in [0.15, 0.2) is 29.6 Å². The van der Waals surface area contributed by atoms with Crippen LogP contribution in [0, 0.1) is 17.8 Å². The minimum atomic E-state index is -1.00. The van der Waals surface area contributed by atoms with E-state index in [1.807, 2.05) is 39.6 Å². The molecule has 3 rings (SSSR count). The van der Waals surface area contributed by atoms with Gasteiger partial charge in [-0.15, -0.1) is 11.3 Å². The SMILES string of the molecule is CCC(C)C(NC(=O)[C@H]1CCCCN1C)C(=O)N(CO)[C@H](C[C@@H](OC(C)=O)c1nc(C(=O)N[C@@H](Cc2ccc(O)cc2)C[C@H](C)C(=O)O)cs1)C(C)C. The first-order chi connectivity index (χ1) is 25.1. The first-order valence-corrected chi connectivity index (χ1v) is 19.3. The summed E-state index contributed by atoms with van der Waals surface area (Å²) in [6.45, 7) is 10.5. The van der Waals surface area contributed by atoms with Crippen molar-refractivity contribution in [2.75, 3.05) is 20.3 Å². The van der Waals surface area contributed by atoms with Crippen molar-refractivity contribution in [1.29, 1.82) is 0 Å². The number of amides is 3. The maximum Gasteiger partial charge on any atom is 0.306 e. The van der Waals surface area contributed by atoms with Crippen LogP contribution in [0.4, 0.5) is 0 Å². The number of thiazole rings is 1. The molecule has 294 valence electrons. The number of nitrogens with one attached hydrogen (secondary N) is 2. The topological polar surface area (TPSA) is 199 Å². The lowest BCUT2D eigenvalue weighted by Crippen LogP contribution is -2.59. The van der Waals surface area contributed by atoms with Crippen molar-refractivity contribution < 1.29 is 44.0 Å². The van der Waals surface area contributed by atoms with Crippen molar-refractivity contribution >= 4 is 41.0 Å². The second kappa shape index (κ2) is 20.4. The molecule has 1 aliphatic heterocycles. The number of phenols is 1. The van der Waals surface area contributed by atoms with E-state index in [2.05, 4.69) is 15.6 Å². The highest BCUT2D eigenvalue weighted by molar-refractivity contribution is 7.09. The lowest BCUT2D eigenvalue weighted by atomic mass is 9.92. The number of hydrogen-bond donors (Lipinski definition) is 5. The van der Waals surface area contributed by atoms with Gasteiger partial charge in [0.2, 0.25) is 11.8 Å². The zero-order chi connectivity index (χ0) is 39.4. The highest BCUT2D eigenvalue weighted by atomic mass is 32.1. The molecule has 1 aromatic carbocycles. The maximum absolute atomic E-state index is 14.2. The van der Waals surface area contributed by atoms with Gasteiger partial charge in [0.25, 0.3) is 5.91 Å². The molecule has 15 heteroatoms. The number of carboxylic acids is 1. The summed E-state index contributed by atoms with van der Waals surface area (Å²) in [5.41, 5.74) is 0.836. The van der Waals surface area contributed by atoms with Crippen LogP contribution >= 0.6 is 11.3 Å². The second-order valence-corrected chi connectivity index (χ2v) is 15.4. The number of carboxylic acid groups (broad SMARTS) is 1. The number of likely N-dealkylation sites (tertiary alicyclic amines) is 1. The molecule has 1 aliphatic rings. The summed E-state index contributed by atoms with van der Waals surface area (Å²) in [7, 11) is 1.90. The van der Waals surface area contributed by atoms with Crippen molar-refractivity contribution in [3.05, 3.63) is 45.9 Å². The number of ether oxygens (including phenoxy) is 1. The summed E-state index contributed by atoms with van der Waals surface area (Å²) in [5, 5.41) is 37.6. The molecule has 2 unspecified atom stereocenters. The molecule has 0 spiro atoms. The van der Waals surface area contributed by atoms with E-state index < -0.39 is 60.6 Å². The summed E-state index contributed by atoms with van der Waals surface area (Å²) in [6, 6.07) is 3.98. The molecule has 2 heterocycles. The number of aromatic hydroxyl groups is 1. The van der Waals surface area contributed by atoms with Gasteiger partial charge in [-0.05, 0) is 68.8 Å². The highest BCUT2D eigenvalue weighted by Crippen LogP contribution is 2.31. The zero-order valence-electron chi connectivity index (χ0n) is 31.9. The number of hydrogen-bond acceptors (Lipinski definition) is 11. The van der Waals surface area contributed by atoms with Crippen LogP contribution in [-0.4, -0.2) is 104 Å². The smallest absolute Gasteiger partial charge is 0.306 e. The normalized spacial score (nSPS) is 18.2. The Hall–Kier alpha value is -4.08. The molecular weight excluding hydrogens is 703 g/mol. The van der Waals surface area contributed by atoms with E-state index in [-0.39, 0.29) is 48.1 Å². The third-order valence-electron chi connectivity index (χ3n) is 10.1. The van der Waals surface area contributed by atoms with Crippen molar-refractivity contribution in [1.82, 2.24) is 25.4 Å². The van der Waals surface area contributed by atoms with Gasteiger partial charge in [-0.2, -0.15) is 0 Å². The molecule has 1 saturated heterocycles. The largest absolute Gasteiger partial charge is 0.508 e. The molecule has 0 saturated carbocycles. The Labute approximate surface area is 316 Å². The van der Waals surface area contributed by atoms with E-state index in [1.54, 1.807) is 19.1 Å². The molecule has 0 radical (unpaired) electrons. The molecule has 53 heavy (non-hydrogen) atoms. The summed E-state index contributed by atoms with van der Waals surface area (Å²) in [4.78, 5) is 73.0. The lowest BCUT2D eigenvalue weighted by molar-refractivity contribution is -0.151. The standard InChI is InChI=1S/C38H57N5O9S/c1-8-23(4)33(41-35(48)30-11-9-10-16-42(30)7)37(49)43(21-44)31(22(2)3)19-32(52-25(6)45)36-40-29(20-53-36)34(47)39-27(17-24(5)38(50)51)18-26-12-14-28(46)15-13-26/h12-15,20,22-24,27,30-33,44,46H,8-11,16-19,21H2,1-7H3,(H,39,47)(H,41,48)(H,50,51)/t23?,24-,27+,30+,31+,32+,33?/m0/s1. The van der Waals surface area contributed by atoms with Crippen molar-refractivity contribution in [2.24, 2.45) is 17.8 Å². The third kappa shape index (κ3) is 12.5. The molecule has 5 N–H and O–H groups in total. The quantitative estimate of drug-likeness (QED) is 0.102. The predicted octanol–water partition coefficient (Wildman–Crippen LogP) is 4.11. The Kier molecular flexibility index (Phi) is 16.7. The van der Waals surface area contributed by atoms with E-state index in [1.165, 1.54) is 29.3 Å². The van der Waals surface area contributed by atoms with Gasteiger partial charge in [0.05, 0.1) is 12.0 Å². The van der Waals surface area contributed by atoms with Crippen molar-refractivity contribution in [3.63, 3.8) is 0 Å². The molecular formula is C38H57N5O9S. The molecule has 3 amide bonds. The number of carbonyl (C=O) groups excluding carboxylic acids is 4. The Morgan fingerprint density at radius 1 is 1.06 bits per heavy atom. The average molecular weight is 760 g/mol. The van der Waals surface area contributed by atoms with Crippen LogP contribution in [0.2, 0.25) is 0 Å². The number of nitrogens with zero attached hydrogens (tertiary/aromatic N) is 3. The number of benzene rings is 1. The number of aromatic nitrogens is 1. The van der Waals surface area contributed by atoms with Gasteiger partial charge in [-0.1, -0.05) is 59.6 Å². The Balaban J connectivity index is 1.85. The van der Waals surface area contributed by atoms with Gasteiger partial charge >= 0.3 is 11.9 Å². The summed E-state index contributed by atoms with van der Waals surface area (Å²) >= 11 is 1.10. The van der Waals surface area contributed by atoms with Crippen LogP contribution in [0.3, 0.4) is 0 Å². The first-order valence-electron chi connectivity index (χ1n) is 18.4. The summed E-state index contributed by atoms with van der Waals surface area (Å²) < 4.78 is 5.71. The summed E-state index contributed by atoms with van der Waals surface area (Å²) in [5.74, 6) is -3.92. The van der Waals surface area contributed by atoms with Gasteiger partial charge in [0.15, 0.2) is 6.10 Å². The van der Waals surface area contributed by atoms with Crippen LogP contribution in [0.25, 0.3) is 0 Å². The van der Waals surface area contributed by atoms with Crippen LogP contribution < -0.4 is 10.6 Å². The maximum atomic E-state index is 14.2. The molecule has 0 aliphatic carbocycles. The number of aliphatic hydroxyl groups excluding tert-OH is 1. The number of aliphatic carboxylic acids is 1.